The van der Waals surface area contributed by atoms with Crippen molar-refractivity contribution in [2.45, 2.75) is 44.9 Å². The summed E-state index contributed by atoms with van der Waals surface area (Å²) >= 11 is 0. The van der Waals surface area contributed by atoms with Crippen LogP contribution in [0.25, 0.3) is 0 Å². The molecule has 18 heavy (non-hydrogen) atoms. The Bertz CT molecular complexity index is 434. The van der Waals surface area contributed by atoms with E-state index < -0.39 is 11.9 Å². The summed E-state index contributed by atoms with van der Waals surface area (Å²) in [6.45, 7) is 1.97. The summed E-state index contributed by atoms with van der Waals surface area (Å²) in [7, 11) is 0. The molecular weight excluding hydrogens is 226 g/mol. The lowest BCUT2D eigenvalue weighted by Gasteiger charge is -2.13. The van der Waals surface area contributed by atoms with Crippen LogP contribution >= 0.6 is 0 Å². The SMILES string of the molecule is Cc1cccc(C(CCCCCC#N)C(=O)O)c1. The van der Waals surface area contributed by atoms with Gasteiger partial charge >= 0.3 is 5.97 Å². The monoisotopic (exact) mass is 245 g/mol. The normalized spacial score (nSPS) is 11.8. The highest BCUT2D eigenvalue weighted by atomic mass is 16.4. The number of carboxylic acids is 1. The number of benzene rings is 1. The maximum absolute atomic E-state index is 11.3. The van der Waals surface area contributed by atoms with Crippen LogP contribution in [0, 0.1) is 18.3 Å². The van der Waals surface area contributed by atoms with Crippen LogP contribution in [-0.4, -0.2) is 11.1 Å². The van der Waals surface area contributed by atoms with Gasteiger partial charge in [0.05, 0.1) is 12.0 Å². The van der Waals surface area contributed by atoms with Crippen molar-refractivity contribution in [2.75, 3.05) is 0 Å². The van der Waals surface area contributed by atoms with Gasteiger partial charge in [-0.2, -0.15) is 5.26 Å². The average Bonchev–Trinajstić information content (AvgIpc) is 2.33. The van der Waals surface area contributed by atoms with Gasteiger partial charge in [0.2, 0.25) is 0 Å². The molecule has 0 heterocycles. The molecule has 1 aromatic carbocycles. The molecule has 1 unspecified atom stereocenters. The lowest BCUT2D eigenvalue weighted by Crippen LogP contribution is -2.11. The first-order chi connectivity index (χ1) is 8.65. The zero-order chi connectivity index (χ0) is 13.4. The highest BCUT2D eigenvalue weighted by Gasteiger charge is 2.19. The van der Waals surface area contributed by atoms with Gasteiger partial charge in [-0.3, -0.25) is 4.79 Å². The van der Waals surface area contributed by atoms with Gasteiger partial charge in [0.25, 0.3) is 0 Å². The Hall–Kier alpha value is -1.82. The maximum Gasteiger partial charge on any atom is 0.310 e. The van der Waals surface area contributed by atoms with Crippen molar-refractivity contribution < 1.29 is 9.90 Å². The number of rotatable bonds is 7. The zero-order valence-corrected chi connectivity index (χ0v) is 10.7. The van der Waals surface area contributed by atoms with Gasteiger partial charge in [-0.15, -0.1) is 0 Å². The minimum absolute atomic E-state index is 0.424. The molecule has 0 amide bonds. The standard InChI is InChI=1S/C15H19NO2/c1-12-7-6-8-13(11-12)14(15(17)18)9-4-2-3-5-10-16/h6-8,11,14H,2-5,9H2,1H3,(H,17,18). The van der Waals surface area contributed by atoms with E-state index in [1.807, 2.05) is 31.2 Å². The molecule has 0 aliphatic heterocycles. The average molecular weight is 245 g/mol. The summed E-state index contributed by atoms with van der Waals surface area (Å²) in [5, 5.41) is 17.7. The van der Waals surface area contributed by atoms with E-state index in [9.17, 15) is 9.90 Å². The van der Waals surface area contributed by atoms with Crippen molar-refractivity contribution in [3.8, 4) is 6.07 Å². The van der Waals surface area contributed by atoms with Gasteiger partial charge in [0, 0.05) is 6.42 Å². The Morgan fingerprint density at radius 1 is 1.39 bits per heavy atom. The van der Waals surface area contributed by atoms with Crippen molar-refractivity contribution in [2.24, 2.45) is 0 Å². The van der Waals surface area contributed by atoms with E-state index >= 15 is 0 Å². The minimum atomic E-state index is -0.763. The summed E-state index contributed by atoms with van der Waals surface area (Å²) in [6, 6.07) is 9.78. The molecule has 0 bridgehead atoms. The van der Waals surface area contributed by atoms with Crippen LogP contribution in [0.2, 0.25) is 0 Å². The van der Waals surface area contributed by atoms with Crippen molar-refractivity contribution in [3.63, 3.8) is 0 Å². The van der Waals surface area contributed by atoms with E-state index in [1.165, 1.54) is 0 Å². The Morgan fingerprint density at radius 3 is 2.78 bits per heavy atom. The second-order valence-electron chi connectivity index (χ2n) is 4.56. The summed E-state index contributed by atoms with van der Waals surface area (Å²) in [4.78, 5) is 11.3. The quantitative estimate of drug-likeness (QED) is 0.746. The van der Waals surface area contributed by atoms with E-state index in [0.717, 1.165) is 30.4 Å². The molecule has 0 fully saturated rings. The molecule has 0 saturated heterocycles. The molecule has 3 heteroatoms. The van der Waals surface area contributed by atoms with Gasteiger partial charge in [-0.1, -0.05) is 42.7 Å². The number of unbranched alkanes of at least 4 members (excludes halogenated alkanes) is 3. The number of carboxylic acid groups (broad SMARTS) is 1. The molecule has 1 rings (SSSR count). The number of nitrogens with zero attached hydrogens (tertiary/aromatic N) is 1. The minimum Gasteiger partial charge on any atom is -0.481 e. The molecule has 0 aliphatic carbocycles. The fraction of sp³-hybridized carbons (Fsp3) is 0.467. The van der Waals surface area contributed by atoms with Crippen LogP contribution in [0.4, 0.5) is 0 Å². The third-order valence-electron chi connectivity index (χ3n) is 3.02. The van der Waals surface area contributed by atoms with E-state index in [0.29, 0.717) is 12.8 Å². The second kappa shape index (κ2) is 7.50. The van der Waals surface area contributed by atoms with Gasteiger partial charge in [-0.25, -0.2) is 0 Å². The van der Waals surface area contributed by atoms with Crippen molar-refractivity contribution in [1.82, 2.24) is 0 Å². The molecule has 96 valence electrons. The second-order valence-corrected chi connectivity index (χ2v) is 4.56. The Morgan fingerprint density at radius 2 is 2.17 bits per heavy atom. The summed E-state index contributed by atoms with van der Waals surface area (Å²) in [5.74, 6) is -1.19. The van der Waals surface area contributed by atoms with Gasteiger partial charge in [-0.05, 0) is 25.3 Å². The predicted molar refractivity (Wildman–Crippen MR) is 70.3 cm³/mol. The fourth-order valence-corrected chi connectivity index (χ4v) is 2.05. The third-order valence-corrected chi connectivity index (χ3v) is 3.02. The van der Waals surface area contributed by atoms with Gasteiger partial charge in [0.1, 0.15) is 0 Å². The molecule has 0 aromatic heterocycles. The number of aliphatic carboxylic acids is 1. The summed E-state index contributed by atoms with van der Waals surface area (Å²) < 4.78 is 0. The first-order valence-electron chi connectivity index (χ1n) is 6.31. The Balaban J connectivity index is 2.56. The van der Waals surface area contributed by atoms with E-state index in [2.05, 4.69) is 6.07 Å². The molecular formula is C15H19NO2. The summed E-state index contributed by atoms with van der Waals surface area (Å²) in [6.07, 6.45) is 3.83. The number of hydrogen-bond donors (Lipinski definition) is 1. The number of aryl methyl sites for hydroxylation is 1. The molecule has 1 N–H and O–H groups in total. The smallest absolute Gasteiger partial charge is 0.310 e. The molecule has 1 aromatic rings. The molecule has 1 atom stereocenters. The van der Waals surface area contributed by atoms with Crippen molar-refractivity contribution in [3.05, 3.63) is 35.4 Å². The highest BCUT2D eigenvalue weighted by Crippen LogP contribution is 2.23. The van der Waals surface area contributed by atoms with E-state index in [4.69, 9.17) is 5.26 Å². The van der Waals surface area contributed by atoms with Crippen LogP contribution < -0.4 is 0 Å². The number of hydrogen-bond acceptors (Lipinski definition) is 2. The number of nitriles is 1. The Labute approximate surface area is 108 Å². The van der Waals surface area contributed by atoms with Crippen LogP contribution in [0.5, 0.6) is 0 Å². The lowest BCUT2D eigenvalue weighted by atomic mass is 9.92. The van der Waals surface area contributed by atoms with Crippen molar-refractivity contribution >= 4 is 5.97 Å². The molecule has 0 saturated carbocycles. The maximum atomic E-state index is 11.3. The summed E-state index contributed by atoms with van der Waals surface area (Å²) in [5.41, 5.74) is 1.96. The molecule has 0 spiro atoms. The van der Waals surface area contributed by atoms with Crippen LogP contribution in [0.3, 0.4) is 0 Å². The van der Waals surface area contributed by atoms with Crippen molar-refractivity contribution in [1.29, 1.82) is 5.26 Å². The molecule has 0 radical (unpaired) electrons. The van der Waals surface area contributed by atoms with E-state index in [-0.39, 0.29) is 0 Å². The predicted octanol–water partition coefficient (Wildman–Crippen LogP) is 3.64. The van der Waals surface area contributed by atoms with Crippen LogP contribution in [-0.2, 0) is 4.79 Å². The van der Waals surface area contributed by atoms with Gasteiger partial charge in [0.15, 0.2) is 0 Å². The first-order valence-corrected chi connectivity index (χ1v) is 6.31. The van der Waals surface area contributed by atoms with Crippen LogP contribution in [0.1, 0.15) is 49.1 Å². The van der Waals surface area contributed by atoms with Gasteiger partial charge < -0.3 is 5.11 Å². The fourth-order valence-electron chi connectivity index (χ4n) is 2.05. The van der Waals surface area contributed by atoms with Crippen LogP contribution in [0.15, 0.2) is 24.3 Å². The highest BCUT2D eigenvalue weighted by molar-refractivity contribution is 5.76. The number of carbonyl (C=O) groups is 1. The third kappa shape index (κ3) is 4.58. The lowest BCUT2D eigenvalue weighted by molar-refractivity contribution is -0.139. The molecule has 0 aliphatic rings. The van der Waals surface area contributed by atoms with E-state index in [1.54, 1.807) is 0 Å². The molecule has 3 nitrogen and oxygen atoms in total. The largest absolute Gasteiger partial charge is 0.481 e. The first kappa shape index (κ1) is 14.2. The topological polar surface area (TPSA) is 61.1 Å². The zero-order valence-electron chi connectivity index (χ0n) is 10.7. The Kier molecular flexibility index (Phi) is 5.93.